The first-order valence-corrected chi connectivity index (χ1v) is 5.36. The molecule has 0 aromatic rings. The molecule has 3 nitrogen and oxygen atoms in total. The Labute approximate surface area is 86.4 Å². The van der Waals surface area contributed by atoms with Gasteiger partial charge in [0.25, 0.3) is 0 Å². The molecule has 2 unspecified atom stereocenters. The summed E-state index contributed by atoms with van der Waals surface area (Å²) < 4.78 is 10.7. The number of aliphatic hydroxyl groups excluding tert-OH is 1. The molecule has 1 N–H and O–H groups in total. The zero-order valence-electron chi connectivity index (χ0n) is 9.45. The van der Waals surface area contributed by atoms with Crippen molar-refractivity contribution in [3.8, 4) is 0 Å². The largest absolute Gasteiger partial charge is 0.393 e. The number of aliphatic hydroxyl groups is 1. The van der Waals surface area contributed by atoms with E-state index in [-0.39, 0.29) is 17.6 Å². The van der Waals surface area contributed by atoms with Crippen LogP contribution in [-0.2, 0) is 9.47 Å². The van der Waals surface area contributed by atoms with E-state index >= 15 is 0 Å². The van der Waals surface area contributed by atoms with Crippen LogP contribution < -0.4 is 0 Å². The Balaban J connectivity index is 2.29. The first kappa shape index (κ1) is 12.0. The molecule has 1 saturated heterocycles. The molecule has 0 saturated carbocycles. The second-order valence-electron chi connectivity index (χ2n) is 4.69. The summed E-state index contributed by atoms with van der Waals surface area (Å²) in [5.41, 5.74) is -0.0861. The van der Waals surface area contributed by atoms with Crippen LogP contribution in [0, 0.1) is 5.92 Å². The van der Waals surface area contributed by atoms with Crippen molar-refractivity contribution in [2.45, 2.75) is 44.8 Å². The molecule has 0 aromatic heterocycles. The van der Waals surface area contributed by atoms with Gasteiger partial charge in [0, 0.05) is 19.6 Å². The van der Waals surface area contributed by atoms with Crippen LogP contribution in [0.3, 0.4) is 0 Å². The van der Waals surface area contributed by atoms with Gasteiger partial charge < -0.3 is 14.6 Å². The highest BCUT2D eigenvalue weighted by molar-refractivity contribution is 4.77. The summed E-state index contributed by atoms with van der Waals surface area (Å²) in [6.07, 6.45) is 2.53. The fourth-order valence-electron chi connectivity index (χ4n) is 1.70. The number of hydrogen-bond acceptors (Lipinski definition) is 3. The molecule has 0 bridgehead atoms. The highest BCUT2D eigenvalue weighted by Gasteiger charge is 2.26. The van der Waals surface area contributed by atoms with Crippen molar-refractivity contribution in [3.05, 3.63) is 0 Å². The van der Waals surface area contributed by atoms with Crippen LogP contribution in [0.4, 0.5) is 0 Å². The highest BCUT2D eigenvalue weighted by Crippen LogP contribution is 2.24. The van der Waals surface area contributed by atoms with Gasteiger partial charge in [-0.2, -0.15) is 0 Å². The molecule has 1 heterocycles. The van der Waals surface area contributed by atoms with Crippen molar-refractivity contribution in [3.63, 3.8) is 0 Å². The van der Waals surface area contributed by atoms with E-state index in [2.05, 4.69) is 13.8 Å². The van der Waals surface area contributed by atoms with E-state index in [1.165, 1.54) is 0 Å². The Morgan fingerprint density at radius 3 is 2.79 bits per heavy atom. The maximum atomic E-state index is 9.72. The lowest BCUT2D eigenvalue weighted by molar-refractivity contribution is -0.0518. The molecule has 0 amide bonds. The molecule has 1 aliphatic rings. The Morgan fingerprint density at radius 1 is 1.50 bits per heavy atom. The van der Waals surface area contributed by atoms with Gasteiger partial charge in [0.05, 0.1) is 18.3 Å². The van der Waals surface area contributed by atoms with Crippen LogP contribution in [-0.4, -0.2) is 37.1 Å². The summed E-state index contributed by atoms with van der Waals surface area (Å²) in [5, 5.41) is 9.72. The van der Waals surface area contributed by atoms with Crippen molar-refractivity contribution in [2.24, 2.45) is 5.92 Å². The SMILES string of the molecule is COC(C)(C)CCC1COCCC1O. The van der Waals surface area contributed by atoms with Crippen LogP contribution in [0.15, 0.2) is 0 Å². The van der Waals surface area contributed by atoms with Crippen LogP contribution in [0.5, 0.6) is 0 Å². The Kier molecular flexibility index (Phi) is 4.35. The lowest BCUT2D eigenvalue weighted by atomic mass is 9.89. The maximum Gasteiger partial charge on any atom is 0.0622 e. The molecule has 1 rings (SSSR count). The summed E-state index contributed by atoms with van der Waals surface area (Å²) in [6, 6.07) is 0. The number of hydrogen-bond donors (Lipinski definition) is 1. The van der Waals surface area contributed by atoms with E-state index in [4.69, 9.17) is 9.47 Å². The summed E-state index contributed by atoms with van der Waals surface area (Å²) in [7, 11) is 1.73. The summed E-state index contributed by atoms with van der Waals surface area (Å²) >= 11 is 0. The Morgan fingerprint density at radius 2 is 2.21 bits per heavy atom. The smallest absolute Gasteiger partial charge is 0.0622 e. The van der Waals surface area contributed by atoms with Crippen molar-refractivity contribution in [1.82, 2.24) is 0 Å². The van der Waals surface area contributed by atoms with Gasteiger partial charge in [-0.25, -0.2) is 0 Å². The number of methoxy groups -OCH3 is 1. The molecule has 1 aliphatic heterocycles. The molecule has 1 fully saturated rings. The average molecular weight is 202 g/mol. The monoisotopic (exact) mass is 202 g/mol. The minimum Gasteiger partial charge on any atom is -0.393 e. The quantitative estimate of drug-likeness (QED) is 0.752. The van der Waals surface area contributed by atoms with Gasteiger partial charge in [0.1, 0.15) is 0 Å². The first-order chi connectivity index (χ1) is 6.55. The molecule has 0 spiro atoms. The fourth-order valence-corrected chi connectivity index (χ4v) is 1.70. The van der Waals surface area contributed by atoms with E-state index in [0.717, 1.165) is 19.3 Å². The second-order valence-corrected chi connectivity index (χ2v) is 4.69. The average Bonchev–Trinajstić information content (AvgIpc) is 2.17. The Bertz CT molecular complexity index is 168. The minimum absolute atomic E-state index is 0.0861. The van der Waals surface area contributed by atoms with E-state index in [1.807, 2.05) is 0 Å². The van der Waals surface area contributed by atoms with Crippen molar-refractivity contribution >= 4 is 0 Å². The van der Waals surface area contributed by atoms with E-state index < -0.39 is 0 Å². The van der Waals surface area contributed by atoms with Gasteiger partial charge in [-0.15, -0.1) is 0 Å². The lowest BCUT2D eigenvalue weighted by Gasteiger charge is -2.31. The number of ether oxygens (including phenoxy) is 2. The zero-order valence-corrected chi connectivity index (χ0v) is 9.45. The van der Waals surface area contributed by atoms with Gasteiger partial charge in [-0.3, -0.25) is 0 Å². The van der Waals surface area contributed by atoms with E-state index in [1.54, 1.807) is 7.11 Å². The molecule has 14 heavy (non-hydrogen) atoms. The molecule has 0 aromatic carbocycles. The van der Waals surface area contributed by atoms with Gasteiger partial charge in [-0.05, 0) is 33.1 Å². The predicted molar refractivity (Wildman–Crippen MR) is 55.3 cm³/mol. The minimum atomic E-state index is -0.184. The third-order valence-electron chi connectivity index (χ3n) is 3.10. The molecule has 2 atom stereocenters. The topological polar surface area (TPSA) is 38.7 Å². The second kappa shape index (κ2) is 5.10. The molecule has 84 valence electrons. The van der Waals surface area contributed by atoms with Gasteiger partial charge in [0.15, 0.2) is 0 Å². The third kappa shape index (κ3) is 3.56. The van der Waals surface area contributed by atoms with Crippen LogP contribution >= 0.6 is 0 Å². The highest BCUT2D eigenvalue weighted by atomic mass is 16.5. The fraction of sp³-hybridized carbons (Fsp3) is 1.00. The van der Waals surface area contributed by atoms with Crippen LogP contribution in [0.25, 0.3) is 0 Å². The number of rotatable bonds is 4. The lowest BCUT2D eigenvalue weighted by Crippen LogP contribution is -2.34. The summed E-state index contributed by atoms with van der Waals surface area (Å²) in [5.74, 6) is 0.290. The summed E-state index contributed by atoms with van der Waals surface area (Å²) in [4.78, 5) is 0. The van der Waals surface area contributed by atoms with Gasteiger partial charge >= 0.3 is 0 Å². The van der Waals surface area contributed by atoms with Crippen molar-refractivity contribution < 1.29 is 14.6 Å². The summed E-state index contributed by atoms with van der Waals surface area (Å²) in [6.45, 7) is 5.54. The van der Waals surface area contributed by atoms with Crippen LogP contribution in [0.1, 0.15) is 33.1 Å². The van der Waals surface area contributed by atoms with Gasteiger partial charge in [-0.1, -0.05) is 0 Å². The molecular weight excluding hydrogens is 180 g/mol. The van der Waals surface area contributed by atoms with E-state index in [0.29, 0.717) is 13.2 Å². The Hall–Kier alpha value is -0.120. The van der Waals surface area contributed by atoms with Crippen molar-refractivity contribution in [1.29, 1.82) is 0 Å². The zero-order chi connectivity index (χ0) is 10.6. The maximum absolute atomic E-state index is 9.72. The molecule has 3 heteroatoms. The molecule has 0 aliphatic carbocycles. The predicted octanol–water partition coefficient (Wildman–Crippen LogP) is 1.59. The first-order valence-electron chi connectivity index (χ1n) is 5.36. The van der Waals surface area contributed by atoms with Crippen molar-refractivity contribution in [2.75, 3.05) is 20.3 Å². The third-order valence-corrected chi connectivity index (χ3v) is 3.10. The standard InChI is InChI=1S/C11H22O3/c1-11(2,13-3)6-4-9-8-14-7-5-10(9)12/h9-10,12H,4-8H2,1-3H3. The normalized spacial score (nSPS) is 29.1. The molecule has 0 radical (unpaired) electrons. The van der Waals surface area contributed by atoms with Gasteiger partial charge in [0.2, 0.25) is 0 Å². The molecular formula is C11H22O3. The van der Waals surface area contributed by atoms with Crippen LogP contribution in [0.2, 0.25) is 0 Å². The van der Waals surface area contributed by atoms with E-state index in [9.17, 15) is 5.11 Å².